The van der Waals surface area contributed by atoms with Crippen LogP contribution in [0.2, 0.25) is 0 Å². The second-order valence-electron chi connectivity index (χ2n) is 2.35. The molecule has 0 radical (unpaired) electrons. The summed E-state index contributed by atoms with van der Waals surface area (Å²) in [6.45, 7) is 0. The molecule has 0 bridgehead atoms. The van der Waals surface area contributed by atoms with E-state index in [1.807, 2.05) is 0 Å². The van der Waals surface area contributed by atoms with E-state index in [1.54, 1.807) is 17.0 Å². The van der Waals surface area contributed by atoms with E-state index in [0.29, 0.717) is 11.5 Å². The van der Waals surface area contributed by atoms with E-state index in [-0.39, 0.29) is 5.91 Å². The maximum absolute atomic E-state index is 11.6. The molecule has 0 aliphatic carbocycles. The fraction of sp³-hybridized carbons (Fsp3) is 0. The lowest BCUT2D eigenvalue weighted by molar-refractivity contribution is 0.0943. The van der Waals surface area contributed by atoms with E-state index in [9.17, 15) is 4.79 Å². The fourth-order valence-corrected chi connectivity index (χ4v) is 1.44. The third-order valence-corrected chi connectivity index (χ3v) is 2.10. The van der Waals surface area contributed by atoms with Gasteiger partial charge in [0.15, 0.2) is 0 Å². The molecule has 0 aliphatic heterocycles. The van der Waals surface area contributed by atoms with Gasteiger partial charge in [-0.3, -0.25) is 4.79 Å². The summed E-state index contributed by atoms with van der Waals surface area (Å²) in [5.41, 5.74) is 7.45. The number of nitrogens with two attached hydrogens (primary N) is 1. The number of nitrogens with zero attached hydrogens (tertiary/aromatic N) is 3. The highest BCUT2D eigenvalue weighted by molar-refractivity contribution is 7.07. The Kier molecular flexibility index (Phi) is 1.82. The smallest absolute Gasteiger partial charge is 0.299 e. The summed E-state index contributed by atoms with van der Waals surface area (Å²) in [5, 5.41) is 5.43. The van der Waals surface area contributed by atoms with E-state index in [0.717, 1.165) is 4.68 Å². The summed E-state index contributed by atoms with van der Waals surface area (Å²) in [4.78, 5) is 15.4. The van der Waals surface area contributed by atoms with Crippen molar-refractivity contribution < 1.29 is 4.79 Å². The Labute approximate surface area is 77.8 Å². The molecule has 0 aliphatic rings. The Hall–Kier alpha value is -1.69. The van der Waals surface area contributed by atoms with Crippen molar-refractivity contribution in [2.24, 2.45) is 0 Å². The van der Waals surface area contributed by atoms with Crippen molar-refractivity contribution in [3.8, 4) is 0 Å². The third-order valence-electron chi connectivity index (χ3n) is 1.52. The number of hydrogen-bond donors (Lipinski definition) is 1. The van der Waals surface area contributed by atoms with E-state index in [1.165, 1.54) is 17.5 Å². The first kappa shape index (κ1) is 7.93. The number of aromatic nitrogens is 3. The van der Waals surface area contributed by atoms with Gasteiger partial charge in [0.05, 0.1) is 11.7 Å². The highest BCUT2D eigenvalue weighted by Crippen LogP contribution is 2.06. The van der Waals surface area contributed by atoms with Crippen LogP contribution < -0.4 is 5.73 Å². The van der Waals surface area contributed by atoms with E-state index < -0.39 is 0 Å². The molecule has 2 aromatic rings. The minimum absolute atomic E-state index is 0.302. The minimum Gasteiger partial charge on any atom is -0.383 e. The first-order chi connectivity index (χ1) is 6.29. The van der Waals surface area contributed by atoms with Gasteiger partial charge in [-0.05, 0) is 0 Å². The van der Waals surface area contributed by atoms with Gasteiger partial charge in [0.1, 0.15) is 11.5 Å². The lowest BCUT2D eigenvalue weighted by atomic mass is 10.4. The second kappa shape index (κ2) is 2.98. The molecule has 0 fully saturated rings. The maximum Gasteiger partial charge on any atom is 0.299 e. The summed E-state index contributed by atoms with van der Waals surface area (Å²) in [7, 11) is 0. The molecular formula is C7H6N4OS. The van der Waals surface area contributed by atoms with E-state index in [2.05, 4.69) is 10.1 Å². The number of hydrogen-bond acceptors (Lipinski definition) is 5. The molecule has 2 aromatic heterocycles. The van der Waals surface area contributed by atoms with Crippen LogP contribution in [0.25, 0.3) is 0 Å². The third kappa shape index (κ3) is 1.31. The number of nitrogen functional groups attached to an aromatic ring is 1. The van der Waals surface area contributed by atoms with Crippen LogP contribution in [0.5, 0.6) is 0 Å². The van der Waals surface area contributed by atoms with Gasteiger partial charge in [0, 0.05) is 11.4 Å². The first-order valence-electron chi connectivity index (χ1n) is 3.51. The van der Waals surface area contributed by atoms with Gasteiger partial charge in [0.2, 0.25) is 0 Å². The summed E-state index contributed by atoms with van der Waals surface area (Å²) in [6, 6.07) is 1.56. The van der Waals surface area contributed by atoms with Crippen LogP contribution in [0.15, 0.2) is 23.2 Å². The molecule has 0 unspecified atom stereocenters. The summed E-state index contributed by atoms with van der Waals surface area (Å²) < 4.78 is 1.12. The molecule has 0 saturated carbocycles. The van der Waals surface area contributed by atoms with Crippen molar-refractivity contribution in [2.75, 3.05) is 5.73 Å². The quantitative estimate of drug-likeness (QED) is 0.721. The zero-order valence-corrected chi connectivity index (χ0v) is 7.36. The molecule has 2 heterocycles. The van der Waals surface area contributed by atoms with E-state index >= 15 is 0 Å². The number of thiazole rings is 1. The largest absolute Gasteiger partial charge is 0.383 e. The predicted molar refractivity (Wildman–Crippen MR) is 48.5 cm³/mol. The summed E-state index contributed by atoms with van der Waals surface area (Å²) >= 11 is 1.36. The van der Waals surface area contributed by atoms with Crippen LogP contribution in [0, 0.1) is 0 Å². The summed E-state index contributed by atoms with van der Waals surface area (Å²) in [6.07, 6.45) is 1.47. The molecule has 0 spiro atoms. The number of carbonyl (C=O) groups is 1. The number of carbonyl (C=O) groups excluding carboxylic acids is 1. The Morgan fingerprint density at radius 3 is 3.00 bits per heavy atom. The molecule has 0 aromatic carbocycles. The average Bonchev–Trinajstić information content (AvgIpc) is 2.72. The lowest BCUT2D eigenvalue weighted by Crippen LogP contribution is -2.16. The second-order valence-corrected chi connectivity index (χ2v) is 3.07. The van der Waals surface area contributed by atoms with Crippen LogP contribution in [0.3, 0.4) is 0 Å². The zero-order valence-electron chi connectivity index (χ0n) is 6.54. The van der Waals surface area contributed by atoms with Gasteiger partial charge in [0.25, 0.3) is 5.91 Å². The molecule has 0 saturated heterocycles. The Morgan fingerprint density at radius 1 is 1.62 bits per heavy atom. The molecule has 2 N–H and O–H groups in total. The van der Waals surface area contributed by atoms with Crippen LogP contribution in [0.4, 0.5) is 5.82 Å². The Bertz CT molecular complexity index is 419. The maximum atomic E-state index is 11.6. The highest BCUT2D eigenvalue weighted by atomic mass is 32.1. The molecule has 0 amide bonds. The molecule has 13 heavy (non-hydrogen) atoms. The Morgan fingerprint density at radius 2 is 2.46 bits per heavy atom. The topological polar surface area (TPSA) is 73.8 Å². The first-order valence-corrected chi connectivity index (χ1v) is 4.45. The van der Waals surface area contributed by atoms with Gasteiger partial charge < -0.3 is 5.73 Å². The predicted octanol–water partition coefficient (Wildman–Crippen LogP) is 0.610. The van der Waals surface area contributed by atoms with Crippen molar-refractivity contribution in [3.63, 3.8) is 0 Å². The standard InChI is InChI=1S/C7H6N4OS/c8-6-1-2-10-11(6)7(12)5-3-13-4-9-5/h1-4H,8H2. The van der Waals surface area contributed by atoms with Gasteiger partial charge in [-0.25, -0.2) is 4.98 Å². The molecule has 5 nitrogen and oxygen atoms in total. The number of anilines is 1. The number of rotatable bonds is 1. The highest BCUT2D eigenvalue weighted by Gasteiger charge is 2.12. The Balaban J connectivity index is 2.39. The van der Waals surface area contributed by atoms with Crippen molar-refractivity contribution >= 4 is 23.1 Å². The molecular weight excluding hydrogens is 188 g/mol. The summed E-state index contributed by atoms with van der Waals surface area (Å²) in [5.74, 6) is 0.0155. The fourth-order valence-electron chi connectivity index (χ4n) is 0.910. The van der Waals surface area contributed by atoms with Crippen LogP contribution in [0.1, 0.15) is 10.5 Å². The lowest BCUT2D eigenvalue weighted by Gasteiger charge is -1.97. The normalized spacial score (nSPS) is 10.2. The van der Waals surface area contributed by atoms with Gasteiger partial charge in [-0.2, -0.15) is 9.78 Å². The minimum atomic E-state index is -0.302. The van der Waals surface area contributed by atoms with Crippen LogP contribution in [-0.4, -0.2) is 20.7 Å². The monoisotopic (exact) mass is 194 g/mol. The van der Waals surface area contributed by atoms with Crippen molar-refractivity contribution in [3.05, 3.63) is 28.8 Å². The van der Waals surface area contributed by atoms with Crippen molar-refractivity contribution in [1.82, 2.24) is 14.8 Å². The molecule has 0 atom stereocenters. The molecule has 66 valence electrons. The van der Waals surface area contributed by atoms with Crippen LogP contribution in [-0.2, 0) is 0 Å². The van der Waals surface area contributed by atoms with Crippen LogP contribution >= 0.6 is 11.3 Å². The van der Waals surface area contributed by atoms with Gasteiger partial charge >= 0.3 is 0 Å². The van der Waals surface area contributed by atoms with Crippen molar-refractivity contribution in [2.45, 2.75) is 0 Å². The zero-order chi connectivity index (χ0) is 9.26. The van der Waals surface area contributed by atoms with Gasteiger partial charge in [-0.1, -0.05) is 0 Å². The van der Waals surface area contributed by atoms with E-state index in [4.69, 9.17) is 5.73 Å². The SMILES string of the molecule is Nc1ccnn1C(=O)c1cscn1. The average molecular weight is 194 g/mol. The molecule has 2 rings (SSSR count). The van der Waals surface area contributed by atoms with Gasteiger partial charge in [-0.15, -0.1) is 11.3 Å². The molecule has 6 heteroatoms. The van der Waals surface area contributed by atoms with Crippen molar-refractivity contribution in [1.29, 1.82) is 0 Å².